The van der Waals surface area contributed by atoms with Gasteiger partial charge in [0, 0.05) is 57.1 Å². The largest absolute Gasteiger partial charge is 0.338 e. The first-order chi connectivity index (χ1) is 14.0. The molecule has 0 bridgehead atoms. The lowest BCUT2D eigenvalue weighted by Gasteiger charge is -2.35. The topological polar surface area (TPSA) is 84.2 Å². The molecule has 154 valence electrons. The van der Waals surface area contributed by atoms with Crippen molar-refractivity contribution in [3.05, 3.63) is 41.7 Å². The lowest BCUT2D eigenvalue weighted by Crippen LogP contribution is -2.41. The molecule has 0 spiro atoms. The van der Waals surface area contributed by atoms with E-state index in [1.807, 2.05) is 35.2 Å². The summed E-state index contributed by atoms with van der Waals surface area (Å²) in [4.78, 5) is 38.0. The van der Waals surface area contributed by atoms with Gasteiger partial charge in [0.1, 0.15) is 0 Å². The Morgan fingerprint density at radius 2 is 2.14 bits per heavy atom. The summed E-state index contributed by atoms with van der Waals surface area (Å²) in [6.07, 6.45) is 9.21. The minimum Gasteiger partial charge on any atom is -0.338 e. The van der Waals surface area contributed by atoms with Crippen molar-refractivity contribution in [2.45, 2.75) is 58.7 Å². The molecule has 2 aromatic rings. The first-order valence-corrected chi connectivity index (χ1v) is 10.4. The summed E-state index contributed by atoms with van der Waals surface area (Å²) in [5.74, 6) is 0.817. The minimum atomic E-state index is -0.136. The predicted octanol–water partition coefficient (Wildman–Crippen LogP) is 1.97. The van der Waals surface area contributed by atoms with Crippen LogP contribution in [0.5, 0.6) is 0 Å². The first kappa shape index (κ1) is 19.5. The van der Waals surface area contributed by atoms with Gasteiger partial charge in [0.25, 0.3) is 0 Å². The van der Waals surface area contributed by atoms with Gasteiger partial charge in [-0.15, -0.1) is 0 Å². The molecule has 2 aliphatic rings. The Balaban J connectivity index is 1.45. The number of rotatable bonds is 4. The average Bonchev–Trinajstić information content (AvgIpc) is 3.25. The Bertz CT molecular complexity index is 881. The third kappa shape index (κ3) is 4.16. The number of likely N-dealkylation sites (tertiary alicyclic amines) is 1. The summed E-state index contributed by atoms with van der Waals surface area (Å²) in [6.45, 7) is 6.11. The summed E-state index contributed by atoms with van der Waals surface area (Å²) in [5, 5.41) is 4.19. The van der Waals surface area contributed by atoms with Crippen molar-refractivity contribution in [1.82, 2.24) is 29.5 Å². The van der Waals surface area contributed by atoms with Crippen LogP contribution in [0.1, 0.15) is 56.2 Å². The summed E-state index contributed by atoms with van der Waals surface area (Å²) in [6, 6.07) is 1.84. The zero-order valence-corrected chi connectivity index (χ0v) is 17.1. The fraction of sp³-hybridized carbons (Fsp3) is 0.571. The molecule has 0 saturated carbocycles. The standard InChI is InChI=1S/C21H28N6O2/c1-15(13-26-9-5-8-23-26)21(29)25-11-7-18-17(14-25)12-22-20(24-18)19-6-3-4-10-27(19)16(2)28/h5,8-9,12,15,19H,3-4,6-7,10-11,13-14H2,1-2H3. The zero-order chi connectivity index (χ0) is 20.4. The molecule has 8 nitrogen and oxygen atoms in total. The second-order valence-corrected chi connectivity index (χ2v) is 8.06. The molecule has 1 saturated heterocycles. The molecule has 8 heteroatoms. The van der Waals surface area contributed by atoms with Crippen molar-refractivity contribution in [2.75, 3.05) is 13.1 Å². The number of amides is 2. The molecule has 2 aliphatic heterocycles. The molecule has 4 rings (SSSR count). The minimum absolute atomic E-state index is 0.0275. The summed E-state index contributed by atoms with van der Waals surface area (Å²) < 4.78 is 1.79. The quantitative estimate of drug-likeness (QED) is 0.789. The van der Waals surface area contributed by atoms with Crippen LogP contribution >= 0.6 is 0 Å². The molecule has 2 amide bonds. The van der Waals surface area contributed by atoms with Gasteiger partial charge >= 0.3 is 0 Å². The molecule has 1 fully saturated rings. The van der Waals surface area contributed by atoms with Gasteiger partial charge in [0.2, 0.25) is 11.8 Å². The number of piperidine rings is 1. The summed E-state index contributed by atoms with van der Waals surface area (Å²) in [5.41, 5.74) is 2.01. The van der Waals surface area contributed by atoms with Crippen molar-refractivity contribution in [2.24, 2.45) is 5.92 Å². The molecule has 0 aromatic carbocycles. The highest BCUT2D eigenvalue weighted by atomic mass is 16.2. The van der Waals surface area contributed by atoms with Gasteiger partial charge in [-0.3, -0.25) is 14.3 Å². The van der Waals surface area contributed by atoms with Gasteiger partial charge in [-0.25, -0.2) is 9.97 Å². The van der Waals surface area contributed by atoms with E-state index in [1.54, 1.807) is 17.8 Å². The normalized spacial score (nSPS) is 20.3. The van der Waals surface area contributed by atoms with Crippen molar-refractivity contribution >= 4 is 11.8 Å². The Hall–Kier alpha value is -2.77. The van der Waals surface area contributed by atoms with Crippen LogP contribution in [0, 0.1) is 5.92 Å². The number of nitrogens with zero attached hydrogens (tertiary/aromatic N) is 6. The van der Waals surface area contributed by atoms with Crippen molar-refractivity contribution < 1.29 is 9.59 Å². The van der Waals surface area contributed by atoms with Gasteiger partial charge in [-0.1, -0.05) is 6.92 Å². The highest BCUT2D eigenvalue weighted by Gasteiger charge is 2.30. The number of hydrogen-bond acceptors (Lipinski definition) is 5. The average molecular weight is 396 g/mol. The molecular weight excluding hydrogens is 368 g/mol. The van der Waals surface area contributed by atoms with Gasteiger partial charge in [-0.2, -0.15) is 5.10 Å². The van der Waals surface area contributed by atoms with Gasteiger partial charge in [0.05, 0.1) is 24.2 Å². The molecule has 0 radical (unpaired) electrons. The maximum atomic E-state index is 12.9. The fourth-order valence-corrected chi connectivity index (χ4v) is 4.34. The van der Waals surface area contributed by atoms with E-state index in [9.17, 15) is 9.59 Å². The summed E-state index contributed by atoms with van der Waals surface area (Å²) in [7, 11) is 0. The fourth-order valence-electron chi connectivity index (χ4n) is 4.34. The van der Waals surface area contributed by atoms with E-state index in [0.717, 1.165) is 49.3 Å². The van der Waals surface area contributed by atoms with E-state index in [-0.39, 0.29) is 23.8 Å². The molecule has 2 unspecified atom stereocenters. The smallest absolute Gasteiger partial charge is 0.227 e. The number of carbonyl (C=O) groups excluding carboxylic acids is 2. The first-order valence-electron chi connectivity index (χ1n) is 10.4. The number of carbonyl (C=O) groups is 2. The predicted molar refractivity (Wildman–Crippen MR) is 107 cm³/mol. The lowest BCUT2D eigenvalue weighted by molar-refractivity contribution is -0.136. The van der Waals surface area contributed by atoms with Crippen LogP contribution in [-0.4, -0.2) is 54.5 Å². The van der Waals surface area contributed by atoms with Crippen LogP contribution in [0.2, 0.25) is 0 Å². The van der Waals surface area contributed by atoms with Gasteiger partial charge < -0.3 is 9.80 Å². The Morgan fingerprint density at radius 1 is 1.28 bits per heavy atom. The van der Waals surface area contributed by atoms with E-state index in [2.05, 4.69) is 10.1 Å². The molecule has 0 N–H and O–H groups in total. The number of hydrogen-bond donors (Lipinski definition) is 0. The van der Waals surface area contributed by atoms with Gasteiger partial charge in [0.15, 0.2) is 5.82 Å². The van der Waals surface area contributed by atoms with Crippen LogP contribution in [0.3, 0.4) is 0 Å². The second kappa shape index (κ2) is 8.31. The van der Waals surface area contributed by atoms with Crippen molar-refractivity contribution in [3.8, 4) is 0 Å². The Kier molecular flexibility index (Phi) is 5.60. The Morgan fingerprint density at radius 3 is 2.90 bits per heavy atom. The van der Waals surface area contributed by atoms with Crippen LogP contribution in [-0.2, 0) is 29.1 Å². The van der Waals surface area contributed by atoms with Crippen LogP contribution in [0.15, 0.2) is 24.7 Å². The number of aromatic nitrogens is 4. The highest BCUT2D eigenvalue weighted by molar-refractivity contribution is 5.78. The molecule has 4 heterocycles. The monoisotopic (exact) mass is 396 g/mol. The molecular formula is C21H28N6O2. The van der Waals surface area contributed by atoms with Crippen LogP contribution in [0.4, 0.5) is 0 Å². The zero-order valence-electron chi connectivity index (χ0n) is 17.1. The maximum absolute atomic E-state index is 12.9. The second-order valence-electron chi connectivity index (χ2n) is 8.06. The van der Waals surface area contributed by atoms with Crippen LogP contribution in [0.25, 0.3) is 0 Å². The van der Waals surface area contributed by atoms with E-state index in [0.29, 0.717) is 19.6 Å². The van der Waals surface area contributed by atoms with Crippen molar-refractivity contribution in [1.29, 1.82) is 0 Å². The highest BCUT2D eigenvalue weighted by Crippen LogP contribution is 2.30. The van der Waals surface area contributed by atoms with E-state index in [1.165, 1.54) is 0 Å². The Labute approximate surface area is 170 Å². The molecule has 2 atom stereocenters. The van der Waals surface area contributed by atoms with Crippen molar-refractivity contribution in [3.63, 3.8) is 0 Å². The molecule has 2 aromatic heterocycles. The number of fused-ring (bicyclic) bond motifs is 1. The van der Waals surface area contributed by atoms with Gasteiger partial charge in [-0.05, 0) is 25.3 Å². The SMILES string of the molecule is CC(=O)N1CCCCC1c1ncc2c(n1)CCN(C(=O)C(C)Cn1cccn1)C2. The third-order valence-corrected chi connectivity index (χ3v) is 5.91. The van der Waals surface area contributed by atoms with E-state index in [4.69, 9.17) is 4.98 Å². The van der Waals surface area contributed by atoms with E-state index >= 15 is 0 Å². The third-order valence-electron chi connectivity index (χ3n) is 5.91. The van der Waals surface area contributed by atoms with Crippen LogP contribution < -0.4 is 0 Å². The summed E-state index contributed by atoms with van der Waals surface area (Å²) >= 11 is 0. The molecule has 29 heavy (non-hydrogen) atoms. The van der Waals surface area contributed by atoms with E-state index < -0.39 is 0 Å². The maximum Gasteiger partial charge on any atom is 0.227 e. The lowest BCUT2D eigenvalue weighted by atomic mass is 10.00. The molecule has 0 aliphatic carbocycles.